The lowest BCUT2D eigenvalue weighted by molar-refractivity contribution is 0.0702. The number of nitriles is 1. The fourth-order valence-electron chi connectivity index (χ4n) is 10.2. The predicted molar refractivity (Wildman–Crippen MR) is 230 cm³/mol. The molecule has 278 valence electrons. The summed E-state index contributed by atoms with van der Waals surface area (Å²) in [6.45, 7) is 4.84. The Hall–Kier alpha value is -6.38. The molecule has 5 nitrogen and oxygen atoms in total. The van der Waals surface area contributed by atoms with Crippen LogP contribution in [0.15, 0.2) is 144 Å². The van der Waals surface area contributed by atoms with Crippen LogP contribution in [0.1, 0.15) is 63.5 Å². The van der Waals surface area contributed by atoms with E-state index in [1.807, 2.05) is 30.3 Å². The maximum Gasteiger partial charge on any atom is 0.164 e. The summed E-state index contributed by atoms with van der Waals surface area (Å²) in [5.74, 6) is 4.25. The van der Waals surface area contributed by atoms with E-state index >= 15 is 0 Å². The van der Waals surface area contributed by atoms with Gasteiger partial charge in [0.05, 0.1) is 11.6 Å². The quantitative estimate of drug-likeness (QED) is 0.163. The molecule has 57 heavy (non-hydrogen) atoms. The van der Waals surface area contributed by atoms with Crippen molar-refractivity contribution in [2.24, 2.45) is 17.8 Å². The van der Waals surface area contributed by atoms with Crippen molar-refractivity contribution in [3.8, 4) is 62.5 Å². The van der Waals surface area contributed by atoms with E-state index in [0.717, 1.165) is 67.5 Å². The van der Waals surface area contributed by atoms with Gasteiger partial charge in [0.1, 0.15) is 11.2 Å². The van der Waals surface area contributed by atoms with E-state index in [4.69, 9.17) is 19.4 Å². The molecular weight excluding hydrogens is 697 g/mol. The van der Waals surface area contributed by atoms with Crippen molar-refractivity contribution in [2.45, 2.75) is 57.8 Å². The van der Waals surface area contributed by atoms with Crippen LogP contribution < -0.4 is 0 Å². The molecule has 2 bridgehead atoms. The summed E-state index contributed by atoms with van der Waals surface area (Å²) in [4.78, 5) is 15.0. The van der Waals surface area contributed by atoms with E-state index in [2.05, 4.69) is 117 Å². The van der Waals surface area contributed by atoms with Crippen LogP contribution in [0.5, 0.6) is 0 Å². The normalized spacial score (nSPS) is 20.4. The summed E-state index contributed by atoms with van der Waals surface area (Å²) in [5, 5.41) is 11.6. The Bertz CT molecular complexity index is 2770. The molecule has 4 atom stereocenters. The van der Waals surface area contributed by atoms with Crippen molar-refractivity contribution < 1.29 is 4.42 Å². The van der Waals surface area contributed by atoms with Crippen LogP contribution in [-0.4, -0.2) is 15.0 Å². The predicted octanol–water partition coefficient (Wildman–Crippen LogP) is 13.5. The zero-order valence-corrected chi connectivity index (χ0v) is 32.5. The van der Waals surface area contributed by atoms with Gasteiger partial charge < -0.3 is 4.42 Å². The number of rotatable bonds is 7. The van der Waals surface area contributed by atoms with Crippen molar-refractivity contribution in [3.05, 3.63) is 151 Å². The summed E-state index contributed by atoms with van der Waals surface area (Å²) in [7, 11) is 0. The molecule has 6 aromatic carbocycles. The van der Waals surface area contributed by atoms with Crippen LogP contribution in [0.25, 0.3) is 78.4 Å². The maximum atomic E-state index is 9.43. The molecule has 2 aliphatic rings. The van der Waals surface area contributed by atoms with Crippen LogP contribution in [0.4, 0.5) is 0 Å². The van der Waals surface area contributed by atoms with Gasteiger partial charge in [0.25, 0.3) is 0 Å². The van der Waals surface area contributed by atoms with Gasteiger partial charge in [0.2, 0.25) is 0 Å². The van der Waals surface area contributed by atoms with Gasteiger partial charge in [-0.25, -0.2) is 15.0 Å². The first-order valence-electron chi connectivity index (χ1n) is 20.4. The maximum absolute atomic E-state index is 9.43. The number of hydrogen-bond donors (Lipinski definition) is 0. The van der Waals surface area contributed by atoms with E-state index in [-0.39, 0.29) is 0 Å². The zero-order chi connectivity index (χ0) is 38.5. The third-order valence-corrected chi connectivity index (χ3v) is 12.8. The highest BCUT2D eigenvalue weighted by Crippen LogP contribution is 2.55. The number of benzene rings is 6. The van der Waals surface area contributed by atoms with E-state index in [1.165, 1.54) is 55.2 Å². The number of aromatic nitrogens is 3. The standard InChI is InChI=1S/C52H44N4O/c1-3-34-28-36-27-33(2)29-52(30-34,31-36)43-25-23-38(24-26-43)37-15-19-41(20-16-37)50-54-49(40-13-11-35(32-53)12-14-40)55-51(56-50)42-21-17-39(18-22-42)44-8-6-9-46-45-7-4-5-10-47(45)57-48(44)46/h4-26,33-34,36H,3,27-31H2,1-2H3/t33-,34+,36-,52?/m1/s1. The molecule has 10 rings (SSSR count). The largest absolute Gasteiger partial charge is 0.455 e. The Morgan fingerprint density at radius 3 is 1.79 bits per heavy atom. The molecule has 0 aliphatic heterocycles. The summed E-state index contributed by atoms with van der Waals surface area (Å²) < 4.78 is 6.34. The summed E-state index contributed by atoms with van der Waals surface area (Å²) >= 11 is 0. The zero-order valence-electron chi connectivity index (χ0n) is 32.5. The number of furan rings is 1. The molecule has 2 saturated carbocycles. The lowest BCUT2D eigenvalue weighted by Gasteiger charge is -2.51. The Morgan fingerprint density at radius 2 is 1.16 bits per heavy atom. The molecule has 2 aromatic heterocycles. The topological polar surface area (TPSA) is 75.6 Å². The van der Waals surface area contributed by atoms with Crippen LogP contribution in [0.2, 0.25) is 0 Å². The van der Waals surface area contributed by atoms with Gasteiger partial charge in [0, 0.05) is 33.0 Å². The molecule has 2 aliphatic carbocycles. The average Bonchev–Trinajstić information content (AvgIpc) is 3.65. The van der Waals surface area contributed by atoms with Crippen LogP contribution in [0, 0.1) is 29.1 Å². The van der Waals surface area contributed by atoms with Gasteiger partial charge in [0.15, 0.2) is 17.5 Å². The molecule has 2 heterocycles. The smallest absolute Gasteiger partial charge is 0.164 e. The molecule has 5 heteroatoms. The van der Waals surface area contributed by atoms with Crippen molar-refractivity contribution in [2.75, 3.05) is 0 Å². The molecule has 0 spiro atoms. The van der Waals surface area contributed by atoms with Crippen LogP contribution >= 0.6 is 0 Å². The van der Waals surface area contributed by atoms with Crippen LogP contribution in [0.3, 0.4) is 0 Å². The SMILES string of the molecule is CC[C@H]1C[C@H]2C[C@@H](C)CC(c3ccc(-c4ccc(-c5nc(-c6ccc(C#N)cc6)nc(-c6ccc(-c7cccc8c7oc7ccccc78)cc6)n5)cc4)cc3)(C2)C1. The van der Waals surface area contributed by atoms with E-state index in [9.17, 15) is 5.26 Å². The Balaban J connectivity index is 0.970. The van der Waals surface area contributed by atoms with Crippen molar-refractivity contribution >= 4 is 21.9 Å². The highest BCUT2D eigenvalue weighted by atomic mass is 16.3. The molecular formula is C52H44N4O. The minimum absolute atomic E-state index is 0.329. The number of fused-ring (bicyclic) bond motifs is 5. The van der Waals surface area contributed by atoms with Gasteiger partial charge in [-0.05, 0) is 108 Å². The molecule has 0 saturated heterocycles. The number of para-hydroxylation sites is 2. The first-order valence-corrected chi connectivity index (χ1v) is 20.4. The van der Waals surface area contributed by atoms with Crippen LogP contribution in [-0.2, 0) is 5.41 Å². The van der Waals surface area contributed by atoms with E-state index < -0.39 is 0 Å². The third-order valence-electron chi connectivity index (χ3n) is 12.8. The molecule has 0 radical (unpaired) electrons. The Morgan fingerprint density at radius 1 is 0.596 bits per heavy atom. The first kappa shape index (κ1) is 35.1. The minimum Gasteiger partial charge on any atom is -0.455 e. The van der Waals surface area contributed by atoms with Gasteiger partial charge in [-0.2, -0.15) is 5.26 Å². The van der Waals surface area contributed by atoms with Gasteiger partial charge in [-0.3, -0.25) is 0 Å². The second-order valence-corrected chi connectivity index (χ2v) is 16.6. The highest BCUT2D eigenvalue weighted by Gasteiger charge is 2.45. The molecule has 2 fully saturated rings. The third kappa shape index (κ3) is 6.50. The molecule has 8 aromatic rings. The lowest BCUT2D eigenvalue weighted by atomic mass is 9.54. The van der Waals surface area contributed by atoms with Gasteiger partial charge in [-0.1, -0.05) is 129 Å². The first-order chi connectivity index (χ1) is 27.9. The molecule has 0 N–H and O–H groups in total. The van der Waals surface area contributed by atoms with E-state index in [0.29, 0.717) is 28.5 Å². The van der Waals surface area contributed by atoms with E-state index in [1.54, 1.807) is 12.1 Å². The highest BCUT2D eigenvalue weighted by molar-refractivity contribution is 6.09. The molecule has 1 unspecified atom stereocenters. The van der Waals surface area contributed by atoms with Gasteiger partial charge >= 0.3 is 0 Å². The summed E-state index contributed by atoms with van der Waals surface area (Å²) in [6.07, 6.45) is 8.11. The fourth-order valence-corrected chi connectivity index (χ4v) is 10.2. The average molecular weight is 741 g/mol. The molecule has 0 amide bonds. The number of nitrogens with zero attached hydrogens (tertiary/aromatic N) is 4. The Kier molecular flexibility index (Phi) is 8.79. The monoisotopic (exact) mass is 740 g/mol. The fraction of sp³-hybridized carbons (Fsp3) is 0.231. The minimum atomic E-state index is 0.329. The second-order valence-electron chi connectivity index (χ2n) is 16.6. The summed E-state index contributed by atoms with van der Waals surface area (Å²) in [6, 6.07) is 50.5. The Labute approximate surface area is 334 Å². The van der Waals surface area contributed by atoms with Crippen molar-refractivity contribution in [3.63, 3.8) is 0 Å². The van der Waals surface area contributed by atoms with Crippen molar-refractivity contribution in [1.29, 1.82) is 5.26 Å². The van der Waals surface area contributed by atoms with Crippen molar-refractivity contribution in [1.82, 2.24) is 15.0 Å². The second kappa shape index (κ2) is 14.3. The summed E-state index contributed by atoms with van der Waals surface area (Å²) in [5.41, 5.74) is 11.3. The number of hydrogen-bond acceptors (Lipinski definition) is 5. The van der Waals surface area contributed by atoms with Gasteiger partial charge in [-0.15, -0.1) is 0 Å². The lowest BCUT2D eigenvalue weighted by Crippen LogP contribution is -2.42.